The molecule has 0 aliphatic heterocycles. The first-order chi connectivity index (χ1) is 4.74. The Kier molecular flexibility index (Phi) is 2.06. The highest BCUT2D eigenvalue weighted by Crippen LogP contribution is 2.04. The second-order valence-corrected chi connectivity index (χ2v) is 2.44. The zero-order valence-corrected chi connectivity index (χ0v) is 6.39. The Labute approximate surface area is 60.7 Å². The number of nitrogens with two attached hydrogens (primary N) is 1. The molecule has 0 saturated heterocycles. The van der Waals surface area contributed by atoms with Gasteiger partial charge in [0.25, 0.3) is 0 Å². The van der Waals surface area contributed by atoms with Gasteiger partial charge in [0, 0.05) is 11.9 Å². The Morgan fingerprint density at radius 1 is 1.80 bits per heavy atom. The maximum atomic E-state index is 5.59. The third-order valence-corrected chi connectivity index (χ3v) is 1.46. The summed E-state index contributed by atoms with van der Waals surface area (Å²) in [5, 5.41) is 0. The van der Waals surface area contributed by atoms with E-state index in [1.807, 2.05) is 13.1 Å². The van der Waals surface area contributed by atoms with E-state index in [9.17, 15) is 0 Å². The van der Waals surface area contributed by atoms with Crippen LogP contribution in [0.5, 0.6) is 0 Å². The van der Waals surface area contributed by atoms with Gasteiger partial charge in [-0.05, 0) is 13.3 Å². The summed E-state index contributed by atoms with van der Waals surface area (Å²) in [5.74, 6) is 0.872. The number of aromatic nitrogens is 2. The summed E-state index contributed by atoms with van der Waals surface area (Å²) in [6.45, 7) is 4.00. The first-order valence-electron chi connectivity index (χ1n) is 3.53. The minimum atomic E-state index is 0.0142. The van der Waals surface area contributed by atoms with Crippen LogP contribution >= 0.6 is 0 Å². The van der Waals surface area contributed by atoms with Gasteiger partial charge in [-0.2, -0.15) is 0 Å². The van der Waals surface area contributed by atoms with Crippen LogP contribution in [0.1, 0.15) is 31.4 Å². The molecule has 1 atom stereocenters. The van der Waals surface area contributed by atoms with Gasteiger partial charge in [0.05, 0.1) is 6.04 Å². The summed E-state index contributed by atoms with van der Waals surface area (Å²) in [6, 6.07) is 0.0142. The minimum absolute atomic E-state index is 0.0142. The number of nitrogens with one attached hydrogen (secondary N) is 1. The zero-order chi connectivity index (χ0) is 7.56. The molecule has 1 aromatic heterocycles. The van der Waals surface area contributed by atoms with E-state index in [1.54, 1.807) is 0 Å². The topological polar surface area (TPSA) is 54.7 Å². The predicted molar refractivity (Wildman–Crippen MR) is 40.6 cm³/mol. The van der Waals surface area contributed by atoms with Crippen molar-refractivity contribution in [2.45, 2.75) is 26.3 Å². The summed E-state index contributed by atoms with van der Waals surface area (Å²) in [7, 11) is 0. The van der Waals surface area contributed by atoms with Crippen LogP contribution in [0.3, 0.4) is 0 Å². The highest BCUT2D eigenvalue weighted by atomic mass is 14.9. The molecule has 0 spiro atoms. The number of rotatable bonds is 2. The van der Waals surface area contributed by atoms with Gasteiger partial charge in [0.2, 0.25) is 0 Å². The summed E-state index contributed by atoms with van der Waals surface area (Å²) >= 11 is 0. The van der Waals surface area contributed by atoms with Crippen molar-refractivity contribution in [2.24, 2.45) is 5.73 Å². The molecule has 0 saturated carbocycles. The zero-order valence-electron chi connectivity index (χ0n) is 6.39. The van der Waals surface area contributed by atoms with E-state index in [1.165, 1.54) is 0 Å². The van der Waals surface area contributed by atoms with Crippen LogP contribution in [0.4, 0.5) is 0 Å². The highest BCUT2D eigenvalue weighted by Gasteiger charge is 2.01. The first kappa shape index (κ1) is 7.28. The van der Waals surface area contributed by atoms with Gasteiger partial charge in [-0.3, -0.25) is 0 Å². The van der Waals surface area contributed by atoms with Gasteiger partial charge in [-0.25, -0.2) is 4.98 Å². The standard InChI is InChI=1S/C7H13N3/c1-3-6-4-9-7(10-6)5(2)8/h4-5H,3,8H2,1-2H3,(H,9,10)/t5-/m0/s1. The van der Waals surface area contributed by atoms with Gasteiger partial charge in [0.15, 0.2) is 0 Å². The molecule has 3 heteroatoms. The Morgan fingerprint density at radius 2 is 2.50 bits per heavy atom. The fraction of sp³-hybridized carbons (Fsp3) is 0.571. The lowest BCUT2D eigenvalue weighted by Crippen LogP contribution is -2.06. The van der Waals surface area contributed by atoms with Gasteiger partial charge in [-0.1, -0.05) is 6.92 Å². The summed E-state index contributed by atoms with van der Waals surface area (Å²) in [5.41, 5.74) is 6.73. The number of nitrogens with zero attached hydrogens (tertiary/aromatic N) is 1. The molecule has 0 unspecified atom stereocenters. The van der Waals surface area contributed by atoms with Crippen LogP contribution in [0, 0.1) is 0 Å². The quantitative estimate of drug-likeness (QED) is 0.642. The van der Waals surface area contributed by atoms with E-state index >= 15 is 0 Å². The van der Waals surface area contributed by atoms with Gasteiger partial charge in [0.1, 0.15) is 5.82 Å². The van der Waals surface area contributed by atoms with Crippen LogP contribution < -0.4 is 5.73 Å². The average Bonchev–Trinajstić information content (AvgIpc) is 2.34. The molecule has 0 radical (unpaired) electrons. The van der Waals surface area contributed by atoms with Crippen molar-refractivity contribution in [3.63, 3.8) is 0 Å². The van der Waals surface area contributed by atoms with Crippen molar-refractivity contribution in [3.05, 3.63) is 17.7 Å². The Bertz CT molecular complexity index is 202. The molecule has 0 aromatic carbocycles. The number of H-pyrrole nitrogens is 1. The second kappa shape index (κ2) is 2.84. The third kappa shape index (κ3) is 1.36. The van der Waals surface area contributed by atoms with E-state index in [-0.39, 0.29) is 6.04 Å². The van der Waals surface area contributed by atoms with Gasteiger partial charge < -0.3 is 10.7 Å². The number of imidazole rings is 1. The molecule has 0 aliphatic rings. The first-order valence-corrected chi connectivity index (χ1v) is 3.53. The molecule has 1 rings (SSSR count). The fourth-order valence-electron chi connectivity index (χ4n) is 0.788. The minimum Gasteiger partial charge on any atom is -0.345 e. The van der Waals surface area contributed by atoms with Crippen LogP contribution in [0.2, 0.25) is 0 Å². The largest absolute Gasteiger partial charge is 0.345 e. The van der Waals surface area contributed by atoms with Crippen LogP contribution in [0.25, 0.3) is 0 Å². The predicted octanol–water partition coefficient (Wildman–Crippen LogP) is 0.992. The summed E-state index contributed by atoms with van der Waals surface area (Å²) in [6.07, 6.45) is 2.82. The molecule has 0 fully saturated rings. The molecule has 1 heterocycles. The van der Waals surface area contributed by atoms with E-state index in [0.717, 1.165) is 17.9 Å². The molecule has 0 aliphatic carbocycles. The van der Waals surface area contributed by atoms with Crippen LogP contribution in [0.15, 0.2) is 6.20 Å². The highest BCUT2D eigenvalue weighted by molar-refractivity contribution is 5.03. The maximum absolute atomic E-state index is 5.59. The number of hydrogen-bond acceptors (Lipinski definition) is 2. The van der Waals surface area contributed by atoms with Crippen molar-refractivity contribution in [3.8, 4) is 0 Å². The van der Waals surface area contributed by atoms with E-state index in [4.69, 9.17) is 5.73 Å². The normalized spacial score (nSPS) is 13.5. The van der Waals surface area contributed by atoms with Crippen molar-refractivity contribution < 1.29 is 0 Å². The third-order valence-electron chi connectivity index (χ3n) is 1.46. The Morgan fingerprint density at radius 3 is 2.80 bits per heavy atom. The SMILES string of the molecule is CCc1cnc([C@H](C)N)[nH]1. The number of aryl methyl sites for hydroxylation is 1. The summed E-state index contributed by atoms with van der Waals surface area (Å²) in [4.78, 5) is 7.23. The van der Waals surface area contributed by atoms with Crippen molar-refractivity contribution in [2.75, 3.05) is 0 Å². The Hall–Kier alpha value is -0.830. The lowest BCUT2D eigenvalue weighted by molar-refractivity contribution is 0.752. The molecular weight excluding hydrogens is 126 g/mol. The van der Waals surface area contributed by atoms with Crippen LogP contribution in [-0.2, 0) is 6.42 Å². The van der Waals surface area contributed by atoms with Crippen molar-refractivity contribution >= 4 is 0 Å². The molecular formula is C7H13N3. The molecule has 3 N–H and O–H groups in total. The average molecular weight is 139 g/mol. The molecule has 0 bridgehead atoms. The lowest BCUT2D eigenvalue weighted by atomic mass is 10.3. The lowest BCUT2D eigenvalue weighted by Gasteiger charge is -1.97. The van der Waals surface area contributed by atoms with Crippen molar-refractivity contribution in [1.29, 1.82) is 0 Å². The van der Waals surface area contributed by atoms with E-state index < -0.39 is 0 Å². The van der Waals surface area contributed by atoms with Gasteiger partial charge >= 0.3 is 0 Å². The monoisotopic (exact) mass is 139 g/mol. The Balaban J connectivity index is 2.78. The maximum Gasteiger partial charge on any atom is 0.122 e. The smallest absolute Gasteiger partial charge is 0.122 e. The summed E-state index contributed by atoms with van der Waals surface area (Å²) < 4.78 is 0. The van der Waals surface area contributed by atoms with E-state index in [0.29, 0.717) is 0 Å². The van der Waals surface area contributed by atoms with Crippen molar-refractivity contribution in [1.82, 2.24) is 9.97 Å². The van der Waals surface area contributed by atoms with Gasteiger partial charge in [-0.15, -0.1) is 0 Å². The fourth-order valence-corrected chi connectivity index (χ4v) is 0.788. The second-order valence-electron chi connectivity index (χ2n) is 2.44. The molecule has 3 nitrogen and oxygen atoms in total. The molecule has 56 valence electrons. The number of hydrogen-bond donors (Lipinski definition) is 2. The molecule has 10 heavy (non-hydrogen) atoms. The van der Waals surface area contributed by atoms with E-state index in [2.05, 4.69) is 16.9 Å². The number of aromatic amines is 1. The van der Waals surface area contributed by atoms with Crippen LogP contribution in [-0.4, -0.2) is 9.97 Å². The molecule has 1 aromatic rings. The molecule has 0 amide bonds.